The summed E-state index contributed by atoms with van der Waals surface area (Å²) in [6.45, 7) is 0. The van der Waals surface area contributed by atoms with Crippen LogP contribution in [0.4, 0.5) is 0 Å². The van der Waals surface area contributed by atoms with Gasteiger partial charge in [-0.2, -0.15) is 0 Å². The Kier molecular flexibility index (Phi) is 19.9. The Hall–Kier alpha value is -0.354. The minimum absolute atomic E-state index is 0. The maximum atomic E-state index is 9.37. The first kappa shape index (κ1) is 34.8. The zero-order valence-electron chi connectivity index (χ0n) is 18.1. The topological polar surface area (TPSA) is 97.7 Å². The van der Waals surface area contributed by atoms with E-state index in [4.69, 9.17) is 17.5 Å². The van der Waals surface area contributed by atoms with Crippen LogP contribution in [0.15, 0.2) is 72.8 Å². The third kappa shape index (κ3) is 16.0. The number of rotatable bonds is 2. The molecule has 0 bridgehead atoms. The molecule has 1 atom stereocenters. The summed E-state index contributed by atoms with van der Waals surface area (Å²) in [5.74, 6) is 1.46. The van der Waals surface area contributed by atoms with Gasteiger partial charge < -0.3 is 9.66 Å². The van der Waals surface area contributed by atoms with Gasteiger partial charge in [0.1, 0.15) is 0 Å². The van der Waals surface area contributed by atoms with E-state index in [9.17, 15) is 5.11 Å². The number of hydrogen-bond donors (Lipinski definition) is 2. The van der Waals surface area contributed by atoms with Gasteiger partial charge in [-0.1, -0.05) is 87.7 Å². The number of benzene rings is 2. The Morgan fingerprint density at radius 3 is 1.55 bits per heavy atom. The van der Waals surface area contributed by atoms with Crippen LogP contribution in [0.3, 0.4) is 0 Å². The van der Waals surface area contributed by atoms with Crippen molar-refractivity contribution in [3.63, 3.8) is 0 Å². The van der Waals surface area contributed by atoms with Gasteiger partial charge in [0.2, 0.25) is 10.4 Å². The molecule has 0 radical (unpaired) electrons. The molecule has 1 unspecified atom stereocenters. The van der Waals surface area contributed by atoms with Crippen LogP contribution < -0.4 is 51.4 Å². The van der Waals surface area contributed by atoms with Crippen molar-refractivity contribution < 1.29 is 74.0 Å². The van der Waals surface area contributed by atoms with E-state index in [1.54, 1.807) is 0 Å². The molecule has 4 rings (SSSR count). The van der Waals surface area contributed by atoms with Crippen LogP contribution in [0.1, 0.15) is 82.8 Å². The van der Waals surface area contributed by atoms with Crippen molar-refractivity contribution in [3.05, 3.63) is 83.9 Å². The molecule has 33 heavy (non-hydrogen) atoms. The Balaban J connectivity index is 0. The van der Waals surface area contributed by atoms with Gasteiger partial charge in [0.25, 0.3) is 0 Å². The molecule has 2 N–H and O–H groups in total. The third-order valence-electron chi connectivity index (χ3n) is 5.51. The standard InChI is InChI=1S/C12H16O.C12H14.2CH4.K.H2O4S/c13-12-8-6-11(7-9-12)10-4-2-1-3-5-10;1-3-7-11(8-4-1)12-9-5-2-6-10-12;;;;1-5(2,3)4/h1-5,11-13H,6-9H2;1-5,7-8,12H,6,9-10H2;2*1H4;;(H2,1,2,3,4)/q;;;;+1;/p-1. The Morgan fingerprint density at radius 1 is 0.727 bits per heavy atom. The van der Waals surface area contributed by atoms with E-state index in [1.165, 1.54) is 30.4 Å². The fraction of sp³-hybridized carbons (Fsp3) is 0.462. The zero-order valence-corrected chi connectivity index (χ0v) is 22.1. The van der Waals surface area contributed by atoms with E-state index in [-0.39, 0.29) is 72.3 Å². The number of allylic oxidation sites excluding steroid dienone is 2. The first-order valence-electron chi connectivity index (χ1n) is 10.4. The summed E-state index contributed by atoms with van der Waals surface area (Å²) in [6, 6.07) is 21.5. The van der Waals surface area contributed by atoms with Gasteiger partial charge in [0.05, 0.1) is 6.10 Å². The van der Waals surface area contributed by atoms with Crippen molar-refractivity contribution in [2.75, 3.05) is 0 Å². The van der Waals surface area contributed by atoms with Gasteiger partial charge in [-0.3, -0.25) is 4.55 Å². The van der Waals surface area contributed by atoms with Crippen LogP contribution in [0, 0.1) is 0 Å². The maximum Gasteiger partial charge on any atom is 1.00 e. The van der Waals surface area contributed by atoms with Crippen LogP contribution in [-0.2, 0) is 10.4 Å². The van der Waals surface area contributed by atoms with Gasteiger partial charge in [0.15, 0.2) is 0 Å². The first-order chi connectivity index (χ1) is 14.3. The van der Waals surface area contributed by atoms with Gasteiger partial charge in [0, 0.05) is 0 Å². The molecule has 5 nitrogen and oxygen atoms in total. The quantitative estimate of drug-likeness (QED) is 0.284. The molecule has 180 valence electrons. The molecule has 2 aliphatic rings. The van der Waals surface area contributed by atoms with Crippen molar-refractivity contribution in [1.29, 1.82) is 0 Å². The molecule has 2 aromatic carbocycles. The van der Waals surface area contributed by atoms with Gasteiger partial charge in [-0.15, -0.1) is 0 Å². The monoisotopic (exact) mass is 502 g/mol. The van der Waals surface area contributed by atoms with E-state index < -0.39 is 10.4 Å². The molecular formula is C26H39KO5S. The number of aliphatic hydroxyl groups is 1. The van der Waals surface area contributed by atoms with Crippen molar-refractivity contribution >= 4 is 10.4 Å². The second-order valence-electron chi connectivity index (χ2n) is 7.74. The molecule has 2 aliphatic carbocycles. The van der Waals surface area contributed by atoms with Crippen LogP contribution >= 0.6 is 0 Å². The van der Waals surface area contributed by atoms with Gasteiger partial charge in [-0.25, -0.2) is 8.42 Å². The molecule has 0 saturated heterocycles. The van der Waals surface area contributed by atoms with E-state index in [1.807, 2.05) is 0 Å². The predicted molar refractivity (Wildman–Crippen MR) is 132 cm³/mol. The summed E-state index contributed by atoms with van der Waals surface area (Å²) in [5.41, 5.74) is 2.94. The molecule has 1 fully saturated rings. The van der Waals surface area contributed by atoms with Gasteiger partial charge in [-0.05, 0) is 67.9 Å². The number of aliphatic hydroxyl groups excluding tert-OH is 1. The van der Waals surface area contributed by atoms with Crippen LogP contribution in [-0.4, -0.2) is 28.7 Å². The summed E-state index contributed by atoms with van der Waals surface area (Å²) in [6.07, 6.45) is 12.6. The molecule has 0 aromatic heterocycles. The number of hydrogen-bond acceptors (Lipinski definition) is 4. The smallest absolute Gasteiger partial charge is 0.726 e. The van der Waals surface area contributed by atoms with Crippen molar-refractivity contribution in [1.82, 2.24) is 0 Å². The van der Waals surface area contributed by atoms with E-state index in [0.29, 0.717) is 5.92 Å². The maximum absolute atomic E-state index is 9.37. The molecule has 0 heterocycles. The van der Waals surface area contributed by atoms with Gasteiger partial charge >= 0.3 is 51.4 Å². The molecule has 2 aromatic rings. The van der Waals surface area contributed by atoms with Crippen LogP contribution in [0.2, 0.25) is 0 Å². The first-order valence-corrected chi connectivity index (χ1v) is 11.8. The molecule has 0 aliphatic heterocycles. The fourth-order valence-corrected chi connectivity index (χ4v) is 3.96. The Labute approximate surface area is 243 Å². The van der Waals surface area contributed by atoms with E-state index in [0.717, 1.165) is 31.6 Å². The summed E-state index contributed by atoms with van der Waals surface area (Å²) in [4.78, 5) is 0. The summed E-state index contributed by atoms with van der Waals surface area (Å²) in [7, 11) is -4.92. The normalized spacial score (nSPS) is 21.2. The van der Waals surface area contributed by atoms with Crippen molar-refractivity contribution in [3.8, 4) is 0 Å². The summed E-state index contributed by atoms with van der Waals surface area (Å²) >= 11 is 0. The SMILES string of the molecule is C.C.C1=CCC(c2ccccc2)CC1.O=S(=O)([O-])O.OC1CCC(c2ccccc2)CC1.[K+]. The molecule has 1 saturated carbocycles. The van der Waals surface area contributed by atoms with Crippen LogP contribution in [0.5, 0.6) is 0 Å². The minimum atomic E-state index is -4.92. The predicted octanol–water partition coefficient (Wildman–Crippen LogP) is 3.50. The largest absolute Gasteiger partial charge is 1.00 e. The van der Waals surface area contributed by atoms with E-state index in [2.05, 4.69) is 72.8 Å². The second-order valence-corrected chi connectivity index (χ2v) is 8.59. The summed E-state index contributed by atoms with van der Waals surface area (Å²) < 4.78 is 32.8. The van der Waals surface area contributed by atoms with E-state index >= 15 is 0 Å². The average Bonchev–Trinajstić information content (AvgIpc) is 2.76. The summed E-state index contributed by atoms with van der Waals surface area (Å²) in [5, 5.41) is 9.37. The third-order valence-corrected chi connectivity index (χ3v) is 5.51. The zero-order chi connectivity index (χ0) is 21.8. The van der Waals surface area contributed by atoms with Crippen molar-refractivity contribution in [2.24, 2.45) is 0 Å². The minimum Gasteiger partial charge on any atom is -0.726 e. The van der Waals surface area contributed by atoms with Crippen LogP contribution in [0.25, 0.3) is 0 Å². The molecule has 0 amide bonds. The Bertz CT molecular complexity index is 841. The second kappa shape index (κ2) is 18.9. The molecule has 7 heteroatoms. The Morgan fingerprint density at radius 2 is 1.15 bits per heavy atom. The fourth-order valence-electron chi connectivity index (χ4n) is 3.96. The average molecular weight is 503 g/mol. The molecular weight excluding hydrogens is 463 g/mol. The molecule has 0 spiro atoms. The van der Waals surface area contributed by atoms with Crippen molar-refractivity contribution in [2.45, 2.75) is 77.7 Å².